The number of nitriles is 1. The van der Waals surface area contributed by atoms with Crippen molar-refractivity contribution >= 4 is 23.9 Å². The topological polar surface area (TPSA) is 125 Å². The van der Waals surface area contributed by atoms with E-state index in [1.54, 1.807) is 6.07 Å². The summed E-state index contributed by atoms with van der Waals surface area (Å²) in [5.74, 6) is -4.95. The molecule has 0 radical (unpaired) electrons. The number of nitrogens with one attached hydrogen (secondary N) is 1. The van der Waals surface area contributed by atoms with Gasteiger partial charge in [-0.25, -0.2) is 13.8 Å². The minimum atomic E-state index is -4.80. The number of anilines is 1. The number of carbonyl (C=O) groups is 3. The highest BCUT2D eigenvalue weighted by Gasteiger charge is 2.46. The SMILES string of the molecule is N#Cc1ccc(-c2cc(NC(=O)c3cc(C=O)cn(CC(F)(F)F)c3=O)nc(C3CC3)c2)c(C(=O)N2CC(F)(F)C2)c1. The lowest BCUT2D eigenvalue weighted by atomic mass is 9.95. The van der Waals surface area contributed by atoms with E-state index in [-0.39, 0.29) is 44.8 Å². The largest absolute Gasteiger partial charge is 0.406 e. The van der Waals surface area contributed by atoms with Crippen molar-refractivity contribution in [2.24, 2.45) is 0 Å². The quantitative estimate of drug-likeness (QED) is 0.324. The first-order valence-electron chi connectivity index (χ1n) is 12.6. The number of aldehydes is 1. The molecule has 14 heteroatoms. The second-order valence-corrected chi connectivity index (χ2v) is 10.1. The van der Waals surface area contributed by atoms with Crippen molar-refractivity contribution in [3.8, 4) is 17.2 Å². The summed E-state index contributed by atoms with van der Waals surface area (Å²) < 4.78 is 66.1. The van der Waals surface area contributed by atoms with Gasteiger partial charge in [0.1, 0.15) is 17.9 Å². The highest BCUT2D eigenvalue weighted by atomic mass is 19.4. The molecule has 2 amide bonds. The van der Waals surface area contributed by atoms with E-state index in [0.717, 1.165) is 23.8 Å². The molecule has 1 N–H and O–H groups in total. The molecule has 3 aromatic rings. The summed E-state index contributed by atoms with van der Waals surface area (Å²) in [5, 5.41) is 11.7. The Labute approximate surface area is 234 Å². The number of carbonyl (C=O) groups excluding carboxylic acids is 3. The smallest absolute Gasteiger partial charge is 0.326 e. The predicted molar refractivity (Wildman–Crippen MR) is 137 cm³/mol. The molecular formula is C28H20F5N5O4. The van der Waals surface area contributed by atoms with E-state index in [1.165, 1.54) is 24.3 Å². The number of rotatable bonds is 7. The Morgan fingerprint density at radius 1 is 1.12 bits per heavy atom. The number of hydrogen-bond donors (Lipinski definition) is 1. The summed E-state index contributed by atoms with van der Waals surface area (Å²) in [5.41, 5.74) is -1.12. The summed E-state index contributed by atoms with van der Waals surface area (Å²) in [4.78, 5) is 55.6. The van der Waals surface area contributed by atoms with Crippen molar-refractivity contribution in [1.82, 2.24) is 14.5 Å². The lowest BCUT2D eigenvalue weighted by molar-refractivity contribution is -0.141. The third-order valence-electron chi connectivity index (χ3n) is 6.74. The van der Waals surface area contributed by atoms with Crippen LogP contribution in [0.15, 0.2) is 47.4 Å². The van der Waals surface area contributed by atoms with Gasteiger partial charge in [0.25, 0.3) is 23.3 Å². The zero-order valence-corrected chi connectivity index (χ0v) is 21.5. The maximum Gasteiger partial charge on any atom is 0.406 e. The van der Waals surface area contributed by atoms with Gasteiger partial charge in [0, 0.05) is 28.9 Å². The maximum absolute atomic E-state index is 13.5. The Morgan fingerprint density at radius 3 is 2.43 bits per heavy atom. The highest BCUT2D eigenvalue weighted by Crippen LogP contribution is 2.41. The summed E-state index contributed by atoms with van der Waals surface area (Å²) in [7, 11) is 0. The molecule has 2 fully saturated rings. The summed E-state index contributed by atoms with van der Waals surface area (Å²) in [6, 6.07) is 9.94. The molecule has 2 aromatic heterocycles. The Balaban J connectivity index is 1.53. The van der Waals surface area contributed by atoms with Gasteiger partial charge in [0.2, 0.25) is 0 Å². The van der Waals surface area contributed by atoms with Crippen LogP contribution in [0.2, 0.25) is 0 Å². The molecule has 0 spiro atoms. The fraction of sp³-hybridized carbons (Fsp3) is 0.286. The zero-order valence-electron chi connectivity index (χ0n) is 21.5. The van der Waals surface area contributed by atoms with Gasteiger partial charge in [0.05, 0.1) is 24.7 Å². The summed E-state index contributed by atoms with van der Waals surface area (Å²) in [6.07, 6.45) is -2.35. The third kappa shape index (κ3) is 6.04. The first-order valence-corrected chi connectivity index (χ1v) is 12.6. The van der Waals surface area contributed by atoms with Gasteiger partial charge in [-0.15, -0.1) is 0 Å². The van der Waals surface area contributed by atoms with Crippen LogP contribution >= 0.6 is 0 Å². The van der Waals surface area contributed by atoms with Crippen LogP contribution in [0, 0.1) is 11.3 Å². The number of aromatic nitrogens is 2. The number of amides is 2. The van der Waals surface area contributed by atoms with Crippen LogP contribution in [0.5, 0.6) is 0 Å². The van der Waals surface area contributed by atoms with E-state index < -0.39 is 54.7 Å². The van der Waals surface area contributed by atoms with Crippen molar-refractivity contribution in [2.75, 3.05) is 18.4 Å². The molecule has 1 saturated carbocycles. The van der Waals surface area contributed by atoms with E-state index in [0.29, 0.717) is 17.5 Å². The lowest BCUT2D eigenvalue weighted by Gasteiger charge is -2.39. The summed E-state index contributed by atoms with van der Waals surface area (Å²) in [6.45, 7) is -3.27. The Bertz CT molecular complexity index is 1710. The van der Waals surface area contributed by atoms with E-state index >= 15 is 0 Å². The molecule has 1 aromatic carbocycles. The Morgan fingerprint density at radius 2 is 1.83 bits per heavy atom. The number of nitrogens with zero attached hydrogens (tertiary/aromatic N) is 4. The van der Waals surface area contributed by atoms with Crippen molar-refractivity contribution in [3.63, 3.8) is 0 Å². The second kappa shape index (κ2) is 10.5. The molecule has 0 atom stereocenters. The van der Waals surface area contributed by atoms with Crippen LogP contribution in [-0.2, 0) is 6.54 Å². The maximum atomic E-state index is 13.5. The van der Waals surface area contributed by atoms with Crippen molar-refractivity contribution in [1.29, 1.82) is 5.26 Å². The Hall–Kier alpha value is -4.93. The van der Waals surface area contributed by atoms with Crippen LogP contribution in [0.4, 0.5) is 27.8 Å². The average Bonchev–Trinajstić information content (AvgIpc) is 3.77. The monoisotopic (exact) mass is 585 g/mol. The molecule has 3 heterocycles. The van der Waals surface area contributed by atoms with Gasteiger partial charge in [0.15, 0.2) is 6.29 Å². The van der Waals surface area contributed by atoms with Gasteiger partial charge in [-0.3, -0.25) is 19.2 Å². The molecule has 1 aliphatic heterocycles. The minimum absolute atomic E-state index is 0.00890. The van der Waals surface area contributed by atoms with Gasteiger partial charge in [-0.1, -0.05) is 6.07 Å². The molecule has 2 aliphatic rings. The average molecular weight is 585 g/mol. The molecule has 0 unspecified atom stereocenters. The summed E-state index contributed by atoms with van der Waals surface area (Å²) >= 11 is 0. The highest BCUT2D eigenvalue weighted by molar-refractivity contribution is 6.05. The van der Waals surface area contributed by atoms with Crippen LogP contribution in [0.3, 0.4) is 0 Å². The molecule has 0 bridgehead atoms. The zero-order chi connectivity index (χ0) is 30.4. The van der Waals surface area contributed by atoms with Crippen molar-refractivity contribution in [3.05, 3.63) is 80.9 Å². The van der Waals surface area contributed by atoms with Crippen molar-refractivity contribution in [2.45, 2.75) is 37.4 Å². The number of alkyl halides is 5. The van der Waals surface area contributed by atoms with E-state index in [2.05, 4.69) is 10.3 Å². The van der Waals surface area contributed by atoms with E-state index in [4.69, 9.17) is 0 Å². The fourth-order valence-corrected chi connectivity index (χ4v) is 4.61. The first kappa shape index (κ1) is 28.6. The Kier molecular flexibility index (Phi) is 7.13. The first-order chi connectivity index (χ1) is 19.8. The number of hydrogen-bond acceptors (Lipinski definition) is 6. The van der Waals surface area contributed by atoms with E-state index in [1.807, 2.05) is 6.07 Å². The van der Waals surface area contributed by atoms with Gasteiger partial charge in [-0.05, 0) is 54.3 Å². The van der Waals surface area contributed by atoms with Crippen LogP contribution in [0.25, 0.3) is 11.1 Å². The molecule has 42 heavy (non-hydrogen) atoms. The molecular weight excluding hydrogens is 565 g/mol. The van der Waals surface area contributed by atoms with Gasteiger partial charge in [-0.2, -0.15) is 18.4 Å². The van der Waals surface area contributed by atoms with Crippen LogP contribution in [0.1, 0.15) is 61.1 Å². The number of likely N-dealkylation sites (tertiary alicyclic amines) is 1. The molecule has 9 nitrogen and oxygen atoms in total. The number of pyridine rings is 2. The standard InChI is InChI=1S/C28H20F5N5O4/c29-27(30)12-38(13-27)25(41)20-5-15(9-34)1-4-19(20)18-7-22(17-2-3-17)35-23(8-18)36-24(40)21-6-16(11-39)10-37(26(21)42)14-28(31,32)33/h1,4-8,10-11,17H,2-3,12-14H2,(H,35,36,40). The van der Waals surface area contributed by atoms with E-state index in [9.17, 15) is 46.4 Å². The van der Waals surface area contributed by atoms with Crippen molar-refractivity contribution < 1.29 is 36.3 Å². The van der Waals surface area contributed by atoms with Gasteiger partial charge < -0.3 is 14.8 Å². The van der Waals surface area contributed by atoms with Crippen LogP contribution < -0.4 is 10.9 Å². The van der Waals surface area contributed by atoms with Gasteiger partial charge >= 0.3 is 6.18 Å². The second-order valence-electron chi connectivity index (χ2n) is 10.1. The molecule has 1 aliphatic carbocycles. The predicted octanol–water partition coefficient (Wildman–Crippen LogP) is 4.38. The minimum Gasteiger partial charge on any atom is -0.326 e. The molecule has 1 saturated heterocycles. The third-order valence-corrected chi connectivity index (χ3v) is 6.74. The molecule has 216 valence electrons. The normalized spacial score (nSPS) is 15.9. The molecule has 5 rings (SSSR count). The fourth-order valence-electron chi connectivity index (χ4n) is 4.61. The lowest BCUT2D eigenvalue weighted by Crippen LogP contribution is -2.58. The number of benzene rings is 1. The van der Waals surface area contributed by atoms with Crippen LogP contribution in [-0.4, -0.2) is 57.7 Å². The number of halogens is 5.